The molecule has 1 aliphatic rings. The van der Waals surface area contributed by atoms with Crippen molar-refractivity contribution in [2.75, 3.05) is 5.73 Å². The van der Waals surface area contributed by atoms with Gasteiger partial charge in [0.2, 0.25) is 0 Å². The summed E-state index contributed by atoms with van der Waals surface area (Å²) in [5, 5.41) is 1.13. The highest BCUT2D eigenvalue weighted by atomic mass is 28.3. The molecule has 0 amide bonds. The second-order valence-electron chi connectivity index (χ2n) is 8.55. The van der Waals surface area contributed by atoms with Gasteiger partial charge < -0.3 is 5.73 Å². The first-order chi connectivity index (χ1) is 12.7. The smallest absolute Gasteiger partial charge is 0.196 e. The van der Waals surface area contributed by atoms with Crippen molar-refractivity contribution in [2.45, 2.75) is 58.2 Å². The van der Waals surface area contributed by atoms with Crippen molar-refractivity contribution in [3.8, 4) is 0 Å². The molecular formula is C23H29NO2Si. The van der Waals surface area contributed by atoms with Crippen molar-refractivity contribution < 1.29 is 9.59 Å². The highest BCUT2D eigenvalue weighted by molar-refractivity contribution is 6.96. The minimum absolute atomic E-state index is 0.107. The molecule has 4 heteroatoms. The van der Waals surface area contributed by atoms with Crippen molar-refractivity contribution in [1.29, 1.82) is 0 Å². The van der Waals surface area contributed by atoms with Gasteiger partial charge in [0.15, 0.2) is 11.6 Å². The molecule has 1 aliphatic carbocycles. The number of carbonyl (C=O) groups is 2. The molecule has 0 saturated heterocycles. The molecule has 3 rings (SSSR count). The first-order valence-corrected chi connectivity index (χ1v) is 12.0. The molecule has 0 atom stereocenters. The van der Waals surface area contributed by atoms with Crippen molar-refractivity contribution in [3.05, 3.63) is 58.7 Å². The quantitative estimate of drug-likeness (QED) is 0.516. The van der Waals surface area contributed by atoms with Gasteiger partial charge in [0.1, 0.15) is 0 Å². The van der Waals surface area contributed by atoms with Gasteiger partial charge in [-0.25, -0.2) is 0 Å². The number of benzene rings is 2. The minimum Gasteiger partial charge on any atom is -0.398 e. The van der Waals surface area contributed by atoms with E-state index in [1.54, 1.807) is 24.3 Å². The van der Waals surface area contributed by atoms with Gasteiger partial charge in [-0.05, 0) is 21.8 Å². The van der Waals surface area contributed by atoms with Crippen LogP contribution in [0.25, 0.3) is 0 Å². The third kappa shape index (κ3) is 2.61. The molecule has 0 fully saturated rings. The summed E-state index contributed by atoms with van der Waals surface area (Å²) in [6, 6.07) is 10.9. The van der Waals surface area contributed by atoms with Gasteiger partial charge in [0.25, 0.3) is 0 Å². The molecule has 142 valence electrons. The molecular weight excluding hydrogens is 350 g/mol. The average molecular weight is 380 g/mol. The van der Waals surface area contributed by atoms with E-state index in [1.165, 1.54) is 0 Å². The Balaban J connectivity index is 2.32. The van der Waals surface area contributed by atoms with Gasteiger partial charge in [0.05, 0.1) is 13.6 Å². The second-order valence-corrected chi connectivity index (χ2v) is 14.4. The van der Waals surface area contributed by atoms with E-state index in [2.05, 4.69) is 41.5 Å². The molecule has 0 heterocycles. The first kappa shape index (κ1) is 19.6. The maximum absolute atomic E-state index is 13.2. The molecule has 0 spiro atoms. The Morgan fingerprint density at radius 3 is 1.67 bits per heavy atom. The number of ketones is 2. The largest absolute Gasteiger partial charge is 0.398 e. The molecule has 0 bridgehead atoms. The topological polar surface area (TPSA) is 60.2 Å². The molecule has 27 heavy (non-hydrogen) atoms. The number of fused-ring (bicyclic) bond motifs is 2. The van der Waals surface area contributed by atoms with Gasteiger partial charge in [-0.15, -0.1) is 0 Å². The van der Waals surface area contributed by atoms with Gasteiger partial charge in [-0.1, -0.05) is 77.9 Å². The zero-order valence-corrected chi connectivity index (χ0v) is 18.1. The summed E-state index contributed by atoms with van der Waals surface area (Å²) in [4.78, 5) is 26.2. The van der Waals surface area contributed by atoms with Crippen LogP contribution in [0.1, 0.15) is 73.4 Å². The summed E-state index contributed by atoms with van der Waals surface area (Å²) in [7, 11) is -2.04. The Morgan fingerprint density at radius 1 is 0.704 bits per heavy atom. The number of anilines is 1. The van der Waals surface area contributed by atoms with Gasteiger partial charge in [-0.3, -0.25) is 9.59 Å². The van der Waals surface area contributed by atoms with Crippen LogP contribution in [0.2, 0.25) is 16.6 Å². The van der Waals surface area contributed by atoms with Crippen LogP contribution in [-0.2, 0) is 0 Å². The lowest BCUT2D eigenvalue weighted by Crippen LogP contribution is -2.56. The van der Waals surface area contributed by atoms with Gasteiger partial charge in [0, 0.05) is 22.4 Å². The van der Waals surface area contributed by atoms with E-state index in [-0.39, 0.29) is 11.6 Å². The number of carbonyl (C=O) groups excluding carboxylic acids is 2. The maximum Gasteiger partial charge on any atom is 0.196 e. The Hall–Kier alpha value is -2.20. The lowest BCUT2D eigenvalue weighted by molar-refractivity contribution is 0.0980. The van der Waals surface area contributed by atoms with E-state index >= 15 is 0 Å². The fraction of sp³-hybridized carbons (Fsp3) is 0.391. The third-order valence-corrected chi connectivity index (χ3v) is 13.6. The normalized spacial score (nSPS) is 14.1. The summed E-state index contributed by atoms with van der Waals surface area (Å²) in [6.45, 7) is 13.6. The Morgan fingerprint density at radius 2 is 1.19 bits per heavy atom. The predicted octanol–water partition coefficient (Wildman–Crippen LogP) is 4.93. The summed E-state index contributed by atoms with van der Waals surface area (Å²) in [5.41, 5.74) is 10.4. The van der Waals surface area contributed by atoms with Crippen molar-refractivity contribution in [3.63, 3.8) is 0 Å². The zero-order chi connectivity index (χ0) is 20.1. The predicted molar refractivity (Wildman–Crippen MR) is 115 cm³/mol. The van der Waals surface area contributed by atoms with Crippen LogP contribution in [0.15, 0.2) is 36.4 Å². The highest BCUT2D eigenvalue weighted by Gasteiger charge is 2.46. The van der Waals surface area contributed by atoms with E-state index in [0.29, 0.717) is 44.6 Å². The van der Waals surface area contributed by atoms with E-state index in [9.17, 15) is 9.59 Å². The highest BCUT2D eigenvalue weighted by Crippen LogP contribution is 2.43. The molecule has 2 aromatic carbocycles. The zero-order valence-electron chi connectivity index (χ0n) is 17.1. The molecule has 2 N–H and O–H groups in total. The van der Waals surface area contributed by atoms with Crippen LogP contribution in [0.4, 0.5) is 5.69 Å². The number of hydrogen-bond donors (Lipinski definition) is 1. The average Bonchev–Trinajstić information content (AvgIpc) is 2.60. The molecule has 3 nitrogen and oxygen atoms in total. The Bertz CT molecular complexity index is 906. The standard InChI is InChI=1S/C23H29NO2Si/c1-13(2)27(14(3)4,15(5)6)19-12-11-18-20(21(19)24)23(26)17-10-8-7-9-16(17)22(18)25/h7-15H,24H2,1-6H3. The van der Waals surface area contributed by atoms with Crippen LogP contribution in [0.3, 0.4) is 0 Å². The molecule has 0 radical (unpaired) electrons. The number of hydrogen-bond acceptors (Lipinski definition) is 3. The molecule has 0 saturated carbocycles. The van der Waals surface area contributed by atoms with Crippen LogP contribution < -0.4 is 10.9 Å². The molecule has 0 aliphatic heterocycles. The van der Waals surface area contributed by atoms with Crippen LogP contribution in [0.5, 0.6) is 0 Å². The van der Waals surface area contributed by atoms with Gasteiger partial charge in [-0.2, -0.15) is 0 Å². The Labute approximate surface area is 163 Å². The lowest BCUT2D eigenvalue weighted by Gasteiger charge is -2.44. The van der Waals surface area contributed by atoms with Crippen LogP contribution in [-0.4, -0.2) is 19.6 Å². The summed E-state index contributed by atoms with van der Waals surface area (Å²) in [6.07, 6.45) is 0. The second kappa shape index (κ2) is 6.75. The fourth-order valence-electron chi connectivity index (χ4n) is 5.52. The SMILES string of the molecule is CC(C)[Si](c1ccc2c(c1N)C(=O)c1ccccc1C2=O)(C(C)C)C(C)C. The maximum atomic E-state index is 13.2. The number of rotatable bonds is 4. The summed E-state index contributed by atoms with van der Waals surface area (Å²) >= 11 is 0. The van der Waals surface area contributed by atoms with Crippen molar-refractivity contribution >= 4 is 30.5 Å². The first-order valence-electron chi connectivity index (χ1n) is 9.77. The number of nitrogens with two attached hydrogens (primary N) is 1. The lowest BCUT2D eigenvalue weighted by atomic mass is 9.83. The summed E-state index contributed by atoms with van der Waals surface area (Å²) in [5.74, 6) is -0.233. The van der Waals surface area contributed by atoms with E-state index in [1.807, 2.05) is 12.1 Å². The third-order valence-electron chi connectivity index (χ3n) is 6.47. The molecule has 2 aromatic rings. The fourth-order valence-corrected chi connectivity index (χ4v) is 12.4. The Kier molecular flexibility index (Phi) is 4.89. The van der Waals surface area contributed by atoms with E-state index in [4.69, 9.17) is 5.73 Å². The molecule has 0 unspecified atom stereocenters. The van der Waals surface area contributed by atoms with Gasteiger partial charge >= 0.3 is 0 Å². The number of nitrogen functional groups attached to an aromatic ring is 1. The van der Waals surface area contributed by atoms with Crippen molar-refractivity contribution in [1.82, 2.24) is 0 Å². The summed E-state index contributed by atoms with van der Waals surface area (Å²) < 4.78 is 0. The van der Waals surface area contributed by atoms with E-state index in [0.717, 1.165) is 5.19 Å². The monoisotopic (exact) mass is 379 g/mol. The van der Waals surface area contributed by atoms with Crippen molar-refractivity contribution in [2.24, 2.45) is 0 Å². The molecule has 0 aromatic heterocycles. The van der Waals surface area contributed by atoms with E-state index < -0.39 is 8.07 Å². The van der Waals surface area contributed by atoms with Crippen LogP contribution >= 0.6 is 0 Å². The minimum atomic E-state index is -2.04. The van der Waals surface area contributed by atoms with Crippen LogP contribution in [0, 0.1) is 0 Å².